The number of benzene rings is 5. The van der Waals surface area contributed by atoms with E-state index in [4.69, 9.17) is 20.3 Å². The molecule has 0 saturated heterocycles. The number of aryl methyl sites for hydroxylation is 4. The zero-order valence-electron chi connectivity index (χ0n) is 52.9. The third kappa shape index (κ3) is 17.1. The lowest BCUT2D eigenvalue weighted by Crippen LogP contribution is -2.16. The fraction of sp³-hybridized carbons (Fsp3) is 0.160. The molecule has 6 heterocycles. The van der Waals surface area contributed by atoms with E-state index < -0.39 is 23.7 Å². The Balaban J connectivity index is 0.000000176. The number of carbonyl (C=O) groups is 3. The maximum absolute atomic E-state index is 14.5. The van der Waals surface area contributed by atoms with Crippen molar-refractivity contribution in [2.75, 3.05) is 16.0 Å². The largest absolute Gasteiger partial charge is 0.481 e. The van der Waals surface area contributed by atoms with Gasteiger partial charge in [0, 0.05) is 82.6 Å². The number of carboxylic acids is 3. The van der Waals surface area contributed by atoms with Crippen LogP contribution in [0.4, 0.5) is 38.9 Å². The molecule has 0 spiro atoms. The van der Waals surface area contributed by atoms with Crippen LogP contribution in [0.3, 0.4) is 0 Å². The van der Waals surface area contributed by atoms with Gasteiger partial charge in [-0.1, -0.05) is 131 Å². The summed E-state index contributed by atoms with van der Waals surface area (Å²) in [6.45, 7) is 11.7. The van der Waals surface area contributed by atoms with Gasteiger partial charge in [-0.25, -0.2) is 24.1 Å². The summed E-state index contributed by atoms with van der Waals surface area (Å²) < 4.78 is 20.1. The van der Waals surface area contributed by atoms with Crippen molar-refractivity contribution in [2.45, 2.75) is 80.1 Å². The molecule has 478 valence electrons. The topological polar surface area (TPSA) is 253 Å². The average molecular weight is 1260 g/mol. The molecule has 1 aliphatic carbocycles. The van der Waals surface area contributed by atoms with E-state index in [1.54, 1.807) is 22.8 Å². The van der Waals surface area contributed by atoms with Crippen LogP contribution in [0.15, 0.2) is 227 Å². The predicted molar refractivity (Wildman–Crippen MR) is 373 cm³/mol. The van der Waals surface area contributed by atoms with E-state index in [1.165, 1.54) is 18.2 Å². The number of hydrogen-bond donors (Lipinski definition) is 6. The first-order valence-electron chi connectivity index (χ1n) is 30.8. The lowest BCUT2D eigenvalue weighted by atomic mass is 10.1. The lowest BCUT2D eigenvalue weighted by Gasteiger charge is -2.20. The van der Waals surface area contributed by atoms with Gasteiger partial charge in [-0.3, -0.25) is 37.7 Å². The Hall–Kier alpha value is -11.9. The van der Waals surface area contributed by atoms with E-state index in [9.17, 15) is 33.2 Å². The van der Waals surface area contributed by atoms with Gasteiger partial charge in [0.25, 0.3) is 0 Å². The number of aromatic nitrogens is 6. The van der Waals surface area contributed by atoms with Crippen LogP contribution in [0.2, 0.25) is 0 Å². The minimum absolute atomic E-state index is 0.0184. The molecule has 18 nitrogen and oxygen atoms in total. The number of fused-ring (bicyclic) bond motifs is 3. The quantitative estimate of drug-likeness (QED) is 0.0464. The molecule has 6 aromatic heterocycles. The number of halogens is 1. The predicted octanol–water partition coefficient (Wildman–Crippen LogP) is 15.5. The minimum atomic E-state index is -1.08. The molecule has 0 saturated carbocycles. The average Bonchev–Trinajstić information content (AvgIpc) is 0.775. The van der Waals surface area contributed by atoms with Gasteiger partial charge in [-0.05, 0) is 129 Å². The van der Waals surface area contributed by atoms with Gasteiger partial charge in [0.1, 0.15) is 28.9 Å². The molecule has 6 N–H and O–H groups in total. The number of rotatable bonds is 17. The number of carboxylic acid groups (broad SMARTS) is 3. The van der Waals surface area contributed by atoms with E-state index in [0.717, 1.165) is 64.7 Å². The van der Waals surface area contributed by atoms with Crippen LogP contribution < -0.4 is 32.2 Å². The van der Waals surface area contributed by atoms with Gasteiger partial charge in [-0.2, -0.15) is 0 Å². The zero-order valence-corrected chi connectivity index (χ0v) is 52.9. The summed E-state index contributed by atoms with van der Waals surface area (Å²) in [6.07, 6.45) is 10.2. The molecule has 0 bridgehead atoms. The number of anilines is 6. The first-order valence-corrected chi connectivity index (χ1v) is 30.8. The van der Waals surface area contributed by atoms with Gasteiger partial charge >= 0.3 is 17.9 Å². The Morgan fingerprint density at radius 1 is 0.521 bits per heavy atom. The van der Waals surface area contributed by atoms with Crippen molar-refractivity contribution < 1.29 is 34.1 Å². The van der Waals surface area contributed by atoms with Gasteiger partial charge in [0.15, 0.2) is 27.6 Å². The van der Waals surface area contributed by atoms with Crippen molar-refractivity contribution in [1.82, 2.24) is 28.7 Å². The Kier molecular flexibility index (Phi) is 23.7. The molecule has 0 aliphatic heterocycles. The number of aliphatic carboxylic acids is 3. The molecule has 94 heavy (non-hydrogen) atoms. The fourth-order valence-electron chi connectivity index (χ4n) is 10.3. The van der Waals surface area contributed by atoms with Crippen LogP contribution in [0.5, 0.6) is 0 Å². The minimum Gasteiger partial charge on any atom is -0.481 e. The first-order chi connectivity index (χ1) is 45.6. The molecule has 0 atom stereocenters. The summed E-state index contributed by atoms with van der Waals surface area (Å²) in [5.74, 6) is -2.02. The molecule has 0 radical (unpaired) electrons. The van der Waals surface area contributed by atoms with E-state index in [1.807, 2.05) is 221 Å². The summed E-state index contributed by atoms with van der Waals surface area (Å²) in [6, 6.07) is 57.0. The smallest absolute Gasteiger partial charge is 0.328 e. The molecular weight excluding hydrogens is 1190 g/mol. The monoisotopic (exact) mass is 1260 g/mol. The number of nitrogens with one attached hydrogen (secondary N) is 3. The van der Waals surface area contributed by atoms with Gasteiger partial charge in [-0.15, -0.1) is 0 Å². The Morgan fingerprint density at radius 3 is 1.46 bits per heavy atom. The van der Waals surface area contributed by atoms with Crippen LogP contribution in [-0.2, 0) is 27.2 Å². The SMILES string of the molecule is CC.CC.Cc1cc(/C=C/C(=O)O)c2c(=O)cc(Nc3ccccc3)n(-c3ccccc3)c2n1.Cc1cc(CCC(=O)O)nc2c1c(=O)cc(Nc1ccccc1)n2-c1ccccc1.O=C(O)CCc1nc2c(cc1F)c(=O)cc(Nc1ccccc1)n2C1=CCCC=C1. The Morgan fingerprint density at radius 2 is 0.979 bits per heavy atom. The van der Waals surface area contributed by atoms with Gasteiger partial charge in [0.2, 0.25) is 0 Å². The molecule has 19 heteroatoms. The maximum atomic E-state index is 14.5. The second kappa shape index (κ2) is 32.8. The van der Waals surface area contributed by atoms with Crippen molar-refractivity contribution in [2.24, 2.45) is 0 Å². The summed E-state index contributed by atoms with van der Waals surface area (Å²) in [7, 11) is 0. The maximum Gasteiger partial charge on any atom is 0.328 e. The third-order valence-electron chi connectivity index (χ3n) is 14.3. The Labute approximate surface area is 542 Å². The van der Waals surface area contributed by atoms with Crippen molar-refractivity contribution in [3.63, 3.8) is 0 Å². The highest BCUT2D eigenvalue weighted by Gasteiger charge is 2.21. The van der Waals surface area contributed by atoms with Gasteiger partial charge in [0.05, 0.1) is 34.7 Å². The van der Waals surface area contributed by atoms with E-state index in [2.05, 4.69) is 25.9 Å². The van der Waals surface area contributed by atoms with Crippen molar-refractivity contribution in [3.05, 3.63) is 277 Å². The van der Waals surface area contributed by atoms with Crippen LogP contribution in [0.25, 0.3) is 56.2 Å². The fourth-order valence-corrected chi connectivity index (χ4v) is 10.3. The highest BCUT2D eigenvalue weighted by Crippen LogP contribution is 2.31. The highest BCUT2D eigenvalue weighted by molar-refractivity contribution is 5.93. The van der Waals surface area contributed by atoms with Crippen LogP contribution in [0, 0.1) is 19.7 Å². The number of nitrogens with zero attached hydrogens (tertiary/aromatic N) is 6. The molecule has 1 aliphatic rings. The van der Waals surface area contributed by atoms with E-state index >= 15 is 0 Å². The number of allylic oxidation sites excluding steroid dienone is 4. The standard InChI is InChI=1S/C24H19N3O3.C24H21N3O3.C23H20FN3O3.2C2H6/c1-16-14-17(12-13-22(29)30)23-20(28)15-21(26-18-8-4-2-5-9-18)27(24(23)25-16)19-10-6-3-7-11-19;1-16-14-18(12-13-22(29)30)26-24-23(16)20(28)15-21(25-17-8-4-2-5-9-17)27(24)19-10-6-3-7-11-19;24-18-13-17-20(28)14-21(25-15-7-3-1-4-8-15)27(16-9-5-2-6-10-16)23(17)26-19(18)11-12-22(29)30;2*1-2/h2-15,26H,1H3,(H,29,30);2-11,14-15,25H,12-13H2,1H3,(H,29,30);1,3-5,7-10,13-14,25H,2,6,11-12H2,(H,29,30);2*1-2H3/b13-12+;;;;. The van der Waals surface area contributed by atoms with Crippen molar-refractivity contribution in [1.29, 1.82) is 0 Å². The molecule has 0 unspecified atom stereocenters. The number of pyridine rings is 6. The summed E-state index contributed by atoms with van der Waals surface area (Å²) in [4.78, 5) is 85.6. The summed E-state index contributed by atoms with van der Waals surface area (Å²) in [5.41, 5.74) is 8.11. The first kappa shape index (κ1) is 68.1. The normalized spacial score (nSPS) is 11.4. The van der Waals surface area contributed by atoms with Crippen molar-refractivity contribution >= 4 is 97.3 Å². The Bertz CT molecular complexity index is 4770. The highest BCUT2D eigenvalue weighted by atomic mass is 19.1. The lowest BCUT2D eigenvalue weighted by molar-refractivity contribution is -0.138. The third-order valence-corrected chi connectivity index (χ3v) is 14.3. The molecular formula is C75H72FN9O9. The van der Waals surface area contributed by atoms with Gasteiger partial charge < -0.3 is 31.3 Å². The van der Waals surface area contributed by atoms with E-state index in [0.29, 0.717) is 68.5 Å². The number of para-hydroxylation sites is 5. The molecule has 5 aromatic carbocycles. The van der Waals surface area contributed by atoms with E-state index in [-0.39, 0.29) is 46.6 Å². The summed E-state index contributed by atoms with van der Waals surface area (Å²) in [5, 5.41) is 37.9. The molecule has 12 rings (SSSR count). The van der Waals surface area contributed by atoms with Crippen LogP contribution in [-0.4, -0.2) is 61.9 Å². The van der Waals surface area contributed by atoms with Crippen LogP contribution in [0.1, 0.15) is 81.6 Å². The van der Waals surface area contributed by atoms with Crippen molar-refractivity contribution in [3.8, 4) is 11.4 Å². The zero-order chi connectivity index (χ0) is 67.3. The second-order valence-corrected chi connectivity index (χ2v) is 20.9. The summed E-state index contributed by atoms with van der Waals surface area (Å²) >= 11 is 0. The number of hydrogen-bond acceptors (Lipinski definition) is 12. The van der Waals surface area contributed by atoms with Crippen LogP contribution >= 0.6 is 0 Å². The molecule has 11 aromatic rings. The molecule has 0 amide bonds. The second-order valence-electron chi connectivity index (χ2n) is 20.9. The molecule has 0 fully saturated rings.